The minimum atomic E-state index is -1.01. The predicted molar refractivity (Wildman–Crippen MR) is 31.5 cm³/mol. The van der Waals surface area contributed by atoms with Crippen LogP contribution in [0.25, 0.3) is 0 Å². The van der Waals surface area contributed by atoms with Gasteiger partial charge in [-0.05, 0) is 0 Å². The minimum absolute atomic E-state index is 0.626. The lowest BCUT2D eigenvalue weighted by atomic mass is 11.9. The summed E-state index contributed by atoms with van der Waals surface area (Å²) in [6.45, 7) is 0. The highest BCUT2D eigenvalue weighted by molar-refractivity contribution is 8.04. The van der Waals surface area contributed by atoms with Gasteiger partial charge in [0, 0.05) is 0 Å². The van der Waals surface area contributed by atoms with Crippen LogP contribution in [0, 0.1) is 0 Å². The van der Waals surface area contributed by atoms with Gasteiger partial charge in [-0.3, -0.25) is 0 Å². The molecule has 0 heterocycles. The number of thiol groups is 2. The van der Waals surface area contributed by atoms with Gasteiger partial charge in [0.2, 0.25) is 0 Å². The molecule has 0 radical (unpaired) electrons. The molecule has 0 aliphatic carbocycles. The highest BCUT2D eigenvalue weighted by Gasteiger charge is 1.69. The van der Waals surface area contributed by atoms with Gasteiger partial charge in [-0.25, -0.2) is 0 Å². The zero-order chi connectivity index (χ0) is 5.21. The maximum absolute atomic E-state index is 6.78. The Kier molecular flexibility index (Phi) is 1.38. The summed E-state index contributed by atoms with van der Waals surface area (Å²) in [6, 6.07) is 0. The molecule has 4 heavy (non-hydrogen) atoms. The van der Waals surface area contributed by atoms with E-state index in [2.05, 4.69) is 21.9 Å². The van der Waals surface area contributed by atoms with Crippen molar-refractivity contribution in [3.05, 3.63) is 0 Å². The molecule has 2 atom stereocenters. The minimum Gasteiger partial charge on any atom is -0.161 e. The van der Waals surface area contributed by atoms with Crippen molar-refractivity contribution in [2.75, 3.05) is 0 Å². The van der Waals surface area contributed by atoms with Crippen LogP contribution in [0.5, 0.6) is 0 Å². The van der Waals surface area contributed by atoms with Crippen LogP contribution in [-0.4, -0.2) is 5.42 Å². The van der Waals surface area contributed by atoms with Crippen molar-refractivity contribution in [3.8, 4) is 0 Å². The molecule has 0 N–H and O–H groups in total. The molecular weight excluding hydrogens is 107 g/mol. The van der Waals surface area contributed by atoms with Crippen LogP contribution in [0.4, 0.5) is 0 Å². The molecule has 0 aromatic rings. The molecule has 0 aliphatic rings. The lowest BCUT2D eigenvalue weighted by Crippen LogP contribution is -1.54. The summed E-state index contributed by atoms with van der Waals surface area (Å²) in [5, 5.41) is 0. The van der Waals surface area contributed by atoms with Gasteiger partial charge in [0.05, 0.1) is 5.67 Å². The predicted octanol–water partition coefficient (Wildman–Crippen LogP) is 1.00. The van der Waals surface area contributed by atoms with Crippen LogP contribution >= 0.6 is 34.4 Å². The molecule has 0 aliphatic heterocycles. The van der Waals surface area contributed by atoms with E-state index in [1.165, 1.54) is 0 Å². The maximum atomic E-state index is 6.78. The zero-order valence-corrected chi connectivity index (χ0v) is 4.80. The average molecular weight is 114 g/mol. The molecule has 0 aromatic heterocycles. The van der Waals surface area contributed by atoms with Crippen molar-refractivity contribution in [3.63, 3.8) is 0 Å². The monoisotopic (exact) mass is 114 g/mol. The molecule has 0 spiro atoms. The van der Waals surface area contributed by atoms with E-state index in [-0.39, 0.29) is 0 Å². The third kappa shape index (κ3) is 11.1. The fourth-order valence-corrected chi connectivity index (χ4v) is 0. The molecule has 2 unspecified atom stereocenters. The van der Waals surface area contributed by atoms with Crippen LogP contribution in [0.2, 0.25) is 0 Å². The molecule has 26 valence electrons. The standard InChI is InChI=1S/CH5PS2/c2-1(3)4/h1,3-4H,2H2/i1D/hD. The molecule has 3 heteroatoms. The van der Waals surface area contributed by atoms with Gasteiger partial charge in [-0.1, -0.05) is 0 Å². The van der Waals surface area contributed by atoms with Gasteiger partial charge in [0.15, 0.2) is 0 Å². The molecule has 0 amide bonds. The van der Waals surface area contributed by atoms with Crippen LogP contribution < -0.4 is 0 Å². The van der Waals surface area contributed by atoms with E-state index in [1.54, 1.807) is 0 Å². The molecule has 0 nitrogen and oxygen atoms in total. The summed E-state index contributed by atoms with van der Waals surface area (Å²) in [6.07, 6.45) is 0. The SMILES string of the molecule is [2H]SC([2H])(P)S. The Morgan fingerprint density at radius 1 is 2.50 bits per heavy atom. The van der Waals surface area contributed by atoms with Crippen LogP contribution in [0.15, 0.2) is 0 Å². The molecule has 0 bridgehead atoms. The molecule has 0 saturated heterocycles. The highest BCUT2D eigenvalue weighted by atomic mass is 32.2. The molecule has 0 fully saturated rings. The second-order valence-electron chi connectivity index (χ2n) is 0.338. The smallest absolute Gasteiger partial charge is 0.104 e. The van der Waals surface area contributed by atoms with Crippen LogP contribution in [0.1, 0.15) is 1.37 Å². The molecule has 0 rings (SSSR count). The van der Waals surface area contributed by atoms with Crippen molar-refractivity contribution in [1.29, 1.82) is 1.12 Å². The van der Waals surface area contributed by atoms with E-state index in [0.717, 1.165) is 0 Å². The lowest BCUT2D eigenvalue weighted by molar-refractivity contribution is 2.15. The first-order chi connectivity index (χ1) is 2.56. The van der Waals surface area contributed by atoms with E-state index in [1.807, 2.05) is 0 Å². The highest BCUT2D eigenvalue weighted by Crippen LogP contribution is 2.06. The van der Waals surface area contributed by atoms with Gasteiger partial charge < -0.3 is 0 Å². The van der Waals surface area contributed by atoms with Crippen LogP contribution in [-0.2, 0) is 0 Å². The normalized spacial score (nSPS) is 30.5. The third-order valence-electron chi connectivity index (χ3n) is 0. The zero-order valence-electron chi connectivity index (χ0n) is 3.93. The second kappa shape index (κ2) is 2.37. The van der Waals surface area contributed by atoms with Crippen molar-refractivity contribution in [1.82, 2.24) is 0 Å². The Hall–Kier alpha value is 1.13. The lowest BCUT2D eigenvalue weighted by Gasteiger charge is -1.78. The van der Waals surface area contributed by atoms with Crippen molar-refractivity contribution in [2.24, 2.45) is 0 Å². The first kappa shape index (κ1) is 2.33. The summed E-state index contributed by atoms with van der Waals surface area (Å²) in [5.74, 6) is 0. The Balaban J connectivity index is 3.17. The van der Waals surface area contributed by atoms with Gasteiger partial charge in [0.1, 0.15) is 1.12 Å². The van der Waals surface area contributed by atoms with E-state index in [0.29, 0.717) is 12.5 Å². The Morgan fingerprint density at radius 3 is 2.75 bits per heavy atom. The van der Waals surface area contributed by atoms with Gasteiger partial charge in [-0.2, -0.15) is 25.2 Å². The fraction of sp³-hybridized carbons (Fsp3) is 1.00. The third-order valence-corrected chi connectivity index (χ3v) is 0. The first-order valence-electron chi connectivity index (χ1n) is 1.62. The van der Waals surface area contributed by atoms with Crippen molar-refractivity contribution < 1.29 is 1.37 Å². The number of hydrogen-bond donors (Lipinski definition) is 2. The van der Waals surface area contributed by atoms with Crippen LogP contribution in [0.3, 0.4) is 0 Å². The van der Waals surface area contributed by atoms with E-state index >= 15 is 0 Å². The second-order valence-corrected chi connectivity index (χ2v) is 3.04. The number of hydrogen-bond acceptors (Lipinski definition) is 2. The first-order valence-corrected chi connectivity index (χ1v) is 2.15. The maximum Gasteiger partial charge on any atom is 0.104 e. The van der Waals surface area contributed by atoms with E-state index in [4.69, 9.17) is 2.49 Å². The summed E-state index contributed by atoms with van der Waals surface area (Å²) in [4.78, 5) is 0. The molecule has 0 saturated carbocycles. The summed E-state index contributed by atoms with van der Waals surface area (Å²) in [5.41, 5.74) is 0. The van der Waals surface area contributed by atoms with Crippen molar-refractivity contribution >= 4 is 34.4 Å². The Labute approximate surface area is 41.9 Å². The van der Waals surface area contributed by atoms with E-state index in [9.17, 15) is 0 Å². The number of rotatable bonds is 1. The summed E-state index contributed by atoms with van der Waals surface area (Å²) < 4.78 is 12.3. The van der Waals surface area contributed by atoms with E-state index < -0.39 is 4.30 Å². The Morgan fingerprint density at radius 2 is 2.75 bits per heavy atom. The Bertz CT molecular complexity index is 41.3. The molecular formula is CH5PS2. The summed E-state index contributed by atoms with van der Waals surface area (Å²) in [7, 11) is 2.10. The quantitative estimate of drug-likeness (QED) is 0.283. The van der Waals surface area contributed by atoms with Gasteiger partial charge in [0.25, 0.3) is 0 Å². The topological polar surface area (TPSA) is 0 Å². The van der Waals surface area contributed by atoms with Crippen molar-refractivity contribution in [2.45, 2.75) is 4.30 Å². The molecule has 0 aromatic carbocycles. The average Bonchev–Trinajstić information content (AvgIpc) is 1.35. The van der Waals surface area contributed by atoms with Gasteiger partial charge in [-0.15, -0.1) is 9.24 Å². The van der Waals surface area contributed by atoms with Gasteiger partial charge >= 0.3 is 0 Å². The largest absolute Gasteiger partial charge is 0.161 e. The fourth-order valence-electron chi connectivity index (χ4n) is 0. The summed E-state index contributed by atoms with van der Waals surface area (Å²) >= 11 is 4.29.